The van der Waals surface area contributed by atoms with Crippen molar-refractivity contribution in [3.63, 3.8) is 0 Å². The van der Waals surface area contributed by atoms with Gasteiger partial charge in [0, 0.05) is 10.0 Å². The topological polar surface area (TPSA) is 45.8 Å². The Morgan fingerprint density at radius 1 is 1.10 bits per heavy atom. The Hall–Kier alpha value is -2.20. The molecule has 0 radical (unpaired) electrons. The van der Waals surface area contributed by atoms with Gasteiger partial charge in [0.25, 0.3) is 0 Å². The Morgan fingerprint density at radius 2 is 1.85 bits per heavy atom. The van der Waals surface area contributed by atoms with Crippen LogP contribution >= 0.6 is 15.9 Å². The molecule has 3 nitrogen and oxygen atoms in total. The minimum atomic E-state index is -0.0436. The van der Waals surface area contributed by atoms with Crippen LogP contribution in [0.4, 0.5) is 0 Å². The number of para-hydroxylation sites is 2. The van der Waals surface area contributed by atoms with Gasteiger partial charge in [-0.25, -0.2) is 4.98 Å². The van der Waals surface area contributed by atoms with E-state index in [1.165, 1.54) is 6.08 Å². The van der Waals surface area contributed by atoms with Gasteiger partial charge in [-0.3, -0.25) is 4.79 Å². The van der Waals surface area contributed by atoms with Crippen molar-refractivity contribution in [3.05, 3.63) is 70.5 Å². The van der Waals surface area contributed by atoms with E-state index in [2.05, 4.69) is 25.9 Å². The highest BCUT2D eigenvalue weighted by molar-refractivity contribution is 9.10. The average Bonchev–Trinajstić information content (AvgIpc) is 2.88. The number of allylic oxidation sites excluding steroid dienone is 1. The molecule has 98 valence electrons. The average molecular weight is 327 g/mol. The number of carbonyl (C=O) groups excluding carboxylic acids is 1. The van der Waals surface area contributed by atoms with Crippen LogP contribution in [0.5, 0.6) is 0 Å². The van der Waals surface area contributed by atoms with Gasteiger partial charge in [-0.1, -0.05) is 28.1 Å². The maximum absolute atomic E-state index is 12.0. The van der Waals surface area contributed by atoms with E-state index in [1.807, 2.05) is 36.4 Å². The van der Waals surface area contributed by atoms with Crippen LogP contribution in [0.2, 0.25) is 0 Å². The van der Waals surface area contributed by atoms with Crippen molar-refractivity contribution in [3.8, 4) is 0 Å². The highest BCUT2D eigenvalue weighted by Gasteiger charge is 2.02. The lowest BCUT2D eigenvalue weighted by molar-refractivity contribution is 0.104. The predicted octanol–water partition coefficient (Wildman–Crippen LogP) is 4.22. The highest BCUT2D eigenvalue weighted by atomic mass is 79.9. The summed E-state index contributed by atoms with van der Waals surface area (Å²) in [5.74, 6) is 0.634. The molecule has 1 heterocycles. The second kappa shape index (κ2) is 5.43. The van der Waals surface area contributed by atoms with Crippen molar-refractivity contribution in [2.45, 2.75) is 0 Å². The summed E-state index contributed by atoms with van der Waals surface area (Å²) in [6.07, 6.45) is 3.23. The summed E-state index contributed by atoms with van der Waals surface area (Å²) in [6, 6.07) is 15.0. The molecule has 0 aliphatic rings. The number of carbonyl (C=O) groups is 1. The van der Waals surface area contributed by atoms with Crippen LogP contribution in [-0.4, -0.2) is 15.8 Å². The molecule has 0 bridgehead atoms. The number of ketones is 1. The molecule has 0 fully saturated rings. The lowest BCUT2D eigenvalue weighted by atomic mass is 10.1. The largest absolute Gasteiger partial charge is 0.338 e. The van der Waals surface area contributed by atoms with E-state index in [0.29, 0.717) is 11.4 Å². The van der Waals surface area contributed by atoms with Crippen molar-refractivity contribution in [1.82, 2.24) is 9.97 Å². The summed E-state index contributed by atoms with van der Waals surface area (Å²) in [7, 11) is 0. The number of nitrogens with zero attached hydrogens (tertiary/aromatic N) is 1. The normalized spacial score (nSPS) is 11.2. The number of imidazole rings is 1. The number of nitrogens with one attached hydrogen (secondary N) is 1. The molecule has 4 heteroatoms. The standard InChI is InChI=1S/C16H11BrN2O/c17-12-7-5-11(6-8-12)15(20)9-10-16-18-13-3-1-2-4-14(13)19-16/h1-10H,(H,18,19)/b10-9+. The monoisotopic (exact) mass is 326 g/mol. The third kappa shape index (κ3) is 2.70. The van der Waals surface area contributed by atoms with Gasteiger partial charge in [0.1, 0.15) is 5.82 Å². The van der Waals surface area contributed by atoms with Gasteiger partial charge < -0.3 is 4.98 Å². The van der Waals surface area contributed by atoms with Gasteiger partial charge in [0.15, 0.2) is 5.78 Å². The number of rotatable bonds is 3. The fourth-order valence-electron chi connectivity index (χ4n) is 1.92. The maximum atomic E-state index is 12.0. The molecule has 0 amide bonds. The minimum absolute atomic E-state index is 0.0436. The Balaban J connectivity index is 1.82. The molecular weight excluding hydrogens is 316 g/mol. The Morgan fingerprint density at radius 3 is 2.60 bits per heavy atom. The number of benzene rings is 2. The number of aromatic amines is 1. The lowest BCUT2D eigenvalue weighted by Gasteiger charge is -1.95. The number of aromatic nitrogens is 2. The first-order valence-electron chi connectivity index (χ1n) is 6.15. The van der Waals surface area contributed by atoms with Crippen LogP contribution in [0, 0.1) is 0 Å². The molecule has 0 spiro atoms. The molecule has 0 aliphatic heterocycles. The molecule has 3 aromatic rings. The highest BCUT2D eigenvalue weighted by Crippen LogP contribution is 2.13. The van der Waals surface area contributed by atoms with E-state index < -0.39 is 0 Å². The molecule has 0 unspecified atom stereocenters. The summed E-state index contributed by atoms with van der Waals surface area (Å²) in [5, 5.41) is 0. The lowest BCUT2D eigenvalue weighted by Crippen LogP contribution is -1.93. The summed E-state index contributed by atoms with van der Waals surface area (Å²) < 4.78 is 0.954. The fraction of sp³-hybridized carbons (Fsp3) is 0. The molecule has 1 aromatic heterocycles. The van der Waals surface area contributed by atoms with E-state index in [-0.39, 0.29) is 5.78 Å². The molecule has 20 heavy (non-hydrogen) atoms. The second-order valence-electron chi connectivity index (χ2n) is 4.34. The summed E-state index contributed by atoms with van der Waals surface area (Å²) in [4.78, 5) is 19.5. The number of hydrogen-bond acceptors (Lipinski definition) is 2. The first-order valence-corrected chi connectivity index (χ1v) is 6.94. The summed E-state index contributed by atoms with van der Waals surface area (Å²) in [6.45, 7) is 0. The zero-order valence-corrected chi connectivity index (χ0v) is 12.1. The smallest absolute Gasteiger partial charge is 0.185 e. The van der Waals surface area contributed by atoms with Crippen molar-refractivity contribution in [2.24, 2.45) is 0 Å². The zero-order valence-electron chi connectivity index (χ0n) is 10.5. The summed E-state index contributed by atoms with van der Waals surface area (Å²) in [5.41, 5.74) is 2.51. The van der Waals surface area contributed by atoms with E-state index in [1.54, 1.807) is 18.2 Å². The van der Waals surface area contributed by atoms with Gasteiger partial charge >= 0.3 is 0 Å². The first-order chi connectivity index (χ1) is 9.72. The van der Waals surface area contributed by atoms with Gasteiger partial charge in [0.2, 0.25) is 0 Å². The van der Waals surface area contributed by atoms with Gasteiger partial charge in [-0.15, -0.1) is 0 Å². The maximum Gasteiger partial charge on any atom is 0.185 e. The Labute approximate surface area is 124 Å². The number of hydrogen-bond donors (Lipinski definition) is 1. The molecule has 2 aromatic carbocycles. The van der Waals surface area contributed by atoms with E-state index in [9.17, 15) is 4.79 Å². The molecule has 1 N–H and O–H groups in total. The zero-order chi connectivity index (χ0) is 13.9. The van der Waals surface area contributed by atoms with Gasteiger partial charge in [-0.05, 0) is 48.6 Å². The molecule has 0 atom stereocenters. The van der Waals surface area contributed by atoms with E-state index in [4.69, 9.17) is 0 Å². The Kier molecular flexibility index (Phi) is 3.48. The molecule has 3 rings (SSSR count). The summed E-state index contributed by atoms with van der Waals surface area (Å²) >= 11 is 3.35. The minimum Gasteiger partial charge on any atom is -0.338 e. The third-order valence-electron chi connectivity index (χ3n) is 2.93. The van der Waals surface area contributed by atoms with Crippen molar-refractivity contribution in [2.75, 3.05) is 0 Å². The van der Waals surface area contributed by atoms with Crippen molar-refractivity contribution in [1.29, 1.82) is 0 Å². The van der Waals surface area contributed by atoms with Crippen LogP contribution in [-0.2, 0) is 0 Å². The molecule has 0 saturated heterocycles. The van der Waals surface area contributed by atoms with Crippen LogP contribution in [0.1, 0.15) is 16.2 Å². The fourth-order valence-corrected chi connectivity index (χ4v) is 2.18. The number of H-pyrrole nitrogens is 1. The van der Waals surface area contributed by atoms with Crippen molar-refractivity contribution >= 4 is 38.8 Å². The molecule has 0 saturated carbocycles. The molecule has 0 aliphatic carbocycles. The van der Waals surface area contributed by atoms with Gasteiger partial charge in [-0.2, -0.15) is 0 Å². The Bertz CT molecular complexity index is 755. The number of halogens is 1. The van der Waals surface area contributed by atoms with Crippen LogP contribution in [0.3, 0.4) is 0 Å². The van der Waals surface area contributed by atoms with Crippen molar-refractivity contribution < 1.29 is 4.79 Å². The van der Waals surface area contributed by atoms with Gasteiger partial charge in [0.05, 0.1) is 11.0 Å². The van der Waals surface area contributed by atoms with Crippen LogP contribution in [0.15, 0.2) is 59.1 Å². The predicted molar refractivity (Wildman–Crippen MR) is 83.6 cm³/mol. The van der Waals surface area contributed by atoms with E-state index in [0.717, 1.165) is 15.5 Å². The van der Waals surface area contributed by atoms with Crippen LogP contribution < -0.4 is 0 Å². The SMILES string of the molecule is O=C(/C=C/c1nc2ccccc2[nH]1)c1ccc(Br)cc1. The third-order valence-corrected chi connectivity index (χ3v) is 3.46. The molecular formula is C16H11BrN2O. The first kappa shape index (κ1) is 12.8. The second-order valence-corrected chi connectivity index (χ2v) is 5.26. The van der Waals surface area contributed by atoms with Crippen LogP contribution in [0.25, 0.3) is 17.1 Å². The van der Waals surface area contributed by atoms with E-state index >= 15 is 0 Å². The quantitative estimate of drug-likeness (QED) is 0.578. The number of fused-ring (bicyclic) bond motifs is 1.